The fourth-order valence-corrected chi connectivity index (χ4v) is 10.6. The average Bonchev–Trinajstić information content (AvgIpc) is 4.04. The van der Waals surface area contributed by atoms with E-state index in [1.54, 1.807) is 0 Å². The molecule has 0 fully saturated rings. The number of aromatic nitrogens is 4. The van der Waals surface area contributed by atoms with Crippen molar-refractivity contribution in [3.05, 3.63) is 206 Å². The smallest absolute Gasteiger partial charge is 0.164 e. The second-order valence-electron chi connectivity index (χ2n) is 15.9. The van der Waals surface area contributed by atoms with Crippen LogP contribution in [-0.2, 0) is 0 Å². The fourth-order valence-electron chi connectivity index (χ4n) is 9.45. The third-order valence-electron chi connectivity index (χ3n) is 12.3. The molecule has 0 unspecified atom stereocenters. The van der Waals surface area contributed by atoms with Crippen molar-refractivity contribution in [1.82, 2.24) is 19.5 Å². The summed E-state index contributed by atoms with van der Waals surface area (Å²) in [7, 11) is 0. The molecule has 13 rings (SSSR count). The molecule has 63 heavy (non-hydrogen) atoms. The van der Waals surface area contributed by atoms with Gasteiger partial charge in [-0.25, -0.2) is 15.0 Å². The Morgan fingerprint density at radius 2 is 0.937 bits per heavy atom. The molecule has 0 N–H and O–H groups in total. The lowest BCUT2D eigenvalue weighted by atomic mass is 9.96. The van der Waals surface area contributed by atoms with Gasteiger partial charge in [-0.3, -0.25) is 0 Å². The monoisotopic (exact) mass is 822 g/mol. The SMILES string of the molecule is c1ccc(-c2cccc(-c3nc(-c4ccccc4)nc(-c4cccc5oc6ccc(-c7cccc8sc9cccc(-n%10c%11ccccc%11c%11ccccc%11%10)c9c78)cc6c45)n3)c2)cc1. The summed E-state index contributed by atoms with van der Waals surface area (Å²) in [4.78, 5) is 15.5. The van der Waals surface area contributed by atoms with E-state index >= 15 is 0 Å². The quantitative estimate of drug-likeness (QED) is 0.168. The van der Waals surface area contributed by atoms with E-state index in [0.29, 0.717) is 17.5 Å². The fraction of sp³-hybridized carbons (Fsp3) is 0. The van der Waals surface area contributed by atoms with E-state index in [2.05, 4.69) is 162 Å². The Kier molecular flexibility index (Phi) is 8.01. The van der Waals surface area contributed by atoms with E-state index in [9.17, 15) is 0 Å². The van der Waals surface area contributed by atoms with Crippen molar-refractivity contribution in [1.29, 1.82) is 0 Å². The molecule has 4 heterocycles. The van der Waals surface area contributed by atoms with Gasteiger partial charge in [-0.2, -0.15) is 0 Å². The van der Waals surface area contributed by atoms with Gasteiger partial charge in [0.05, 0.1) is 16.7 Å². The van der Waals surface area contributed by atoms with Crippen molar-refractivity contribution in [3.8, 4) is 62.1 Å². The molecular formula is C57H34N4OS. The Balaban J connectivity index is 1.02. The van der Waals surface area contributed by atoms with Crippen molar-refractivity contribution < 1.29 is 4.42 Å². The molecule has 0 spiro atoms. The van der Waals surface area contributed by atoms with Gasteiger partial charge in [-0.15, -0.1) is 11.3 Å². The molecule has 13 aromatic rings. The summed E-state index contributed by atoms with van der Waals surface area (Å²) in [5.41, 5.74) is 12.4. The van der Waals surface area contributed by atoms with Crippen LogP contribution in [-0.4, -0.2) is 19.5 Å². The topological polar surface area (TPSA) is 56.7 Å². The molecule has 0 aliphatic heterocycles. The van der Waals surface area contributed by atoms with E-state index in [-0.39, 0.29) is 0 Å². The van der Waals surface area contributed by atoms with Gasteiger partial charge in [-0.05, 0) is 76.9 Å². The van der Waals surface area contributed by atoms with Crippen LogP contribution in [0.4, 0.5) is 0 Å². The summed E-state index contributed by atoms with van der Waals surface area (Å²) in [5, 5.41) is 6.97. The normalized spacial score (nSPS) is 11.8. The minimum absolute atomic E-state index is 0.587. The molecule has 0 saturated carbocycles. The lowest BCUT2D eigenvalue weighted by Crippen LogP contribution is -2.00. The van der Waals surface area contributed by atoms with Gasteiger partial charge in [0.1, 0.15) is 11.2 Å². The minimum Gasteiger partial charge on any atom is -0.456 e. The Morgan fingerprint density at radius 3 is 1.71 bits per heavy atom. The zero-order valence-corrected chi connectivity index (χ0v) is 34.6. The maximum absolute atomic E-state index is 6.62. The number of thiophene rings is 1. The van der Waals surface area contributed by atoms with Gasteiger partial charge < -0.3 is 8.98 Å². The lowest BCUT2D eigenvalue weighted by Gasteiger charge is -2.12. The third-order valence-corrected chi connectivity index (χ3v) is 13.4. The number of fused-ring (bicyclic) bond motifs is 9. The first-order chi connectivity index (χ1) is 31.2. The van der Waals surface area contributed by atoms with Gasteiger partial charge >= 0.3 is 0 Å². The summed E-state index contributed by atoms with van der Waals surface area (Å²) in [6, 6.07) is 72.6. The third kappa shape index (κ3) is 5.73. The van der Waals surface area contributed by atoms with E-state index in [1.807, 2.05) is 59.9 Å². The number of benzene rings is 9. The molecule has 294 valence electrons. The summed E-state index contributed by atoms with van der Waals surface area (Å²) < 4.78 is 11.6. The highest BCUT2D eigenvalue weighted by atomic mass is 32.1. The van der Waals surface area contributed by atoms with Crippen LogP contribution < -0.4 is 0 Å². The zero-order valence-electron chi connectivity index (χ0n) is 33.7. The lowest BCUT2D eigenvalue weighted by molar-refractivity contribution is 0.669. The van der Waals surface area contributed by atoms with Crippen molar-refractivity contribution in [2.45, 2.75) is 0 Å². The minimum atomic E-state index is 0.587. The van der Waals surface area contributed by atoms with Crippen LogP contribution >= 0.6 is 11.3 Å². The molecule has 0 aliphatic carbocycles. The van der Waals surface area contributed by atoms with Crippen LogP contribution in [0.3, 0.4) is 0 Å². The standard InChI is InChI=1S/C57H34N4OS/c1-3-15-35(16-4-1)37-19-11-20-39(33-37)56-58-55(36-17-5-2-6-18-36)59-57(60-56)43-24-12-28-49-52(43)44-34-38(31-32-48(44)62-49)40-23-13-29-50-53(40)54-47(27-14-30-51(54)63-50)61-45-25-9-7-21-41(45)42-22-8-10-26-46(42)61/h1-34H. The van der Waals surface area contributed by atoms with Gasteiger partial charge in [0.15, 0.2) is 17.5 Å². The van der Waals surface area contributed by atoms with Crippen molar-refractivity contribution >= 4 is 75.3 Å². The predicted molar refractivity (Wildman–Crippen MR) is 262 cm³/mol. The van der Waals surface area contributed by atoms with Crippen molar-refractivity contribution in [3.63, 3.8) is 0 Å². The maximum Gasteiger partial charge on any atom is 0.164 e. The van der Waals surface area contributed by atoms with Crippen molar-refractivity contribution in [2.24, 2.45) is 0 Å². The number of para-hydroxylation sites is 2. The molecule has 9 aromatic carbocycles. The molecule has 0 radical (unpaired) electrons. The highest BCUT2D eigenvalue weighted by Gasteiger charge is 2.22. The Hall–Kier alpha value is -8.19. The van der Waals surface area contributed by atoms with E-state index in [1.165, 1.54) is 53.2 Å². The molecule has 5 nitrogen and oxygen atoms in total. The number of nitrogens with zero attached hydrogens (tertiary/aromatic N) is 4. The number of hydrogen-bond acceptors (Lipinski definition) is 5. The number of rotatable bonds is 6. The molecular weight excluding hydrogens is 789 g/mol. The summed E-state index contributed by atoms with van der Waals surface area (Å²) in [5.74, 6) is 1.81. The van der Waals surface area contributed by atoms with Crippen LogP contribution in [0.15, 0.2) is 211 Å². The zero-order chi connectivity index (χ0) is 41.4. The van der Waals surface area contributed by atoms with Crippen LogP contribution in [0.25, 0.3) is 126 Å². The first-order valence-electron chi connectivity index (χ1n) is 21.1. The molecule has 0 saturated heterocycles. The summed E-state index contributed by atoms with van der Waals surface area (Å²) >= 11 is 1.84. The summed E-state index contributed by atoms with van der Waals surface area (Å²) in [6.07, 6.45) is 0. The Morgan fingerprint density at radius 1 is 0.349 bits per heavy atom. The predicted octanol–water partition coefficient (Wildman–Crippen LogP) is 15.6. The maximum atomic E-state index is 6.62. The van der Waals surface area contributed by atoms with Crippen LogP contribution in [0.2, 0.25) is 0 Å². The Labute approximate surface area is 365 Å². The largest absolute Gasteiger partial charge is 0.456 e. The van der Waals surface area contributed by atoms with Crippen molar-refractivity contribution in [2.75, 3.05) is 0 Å². The number of furan rings is 1. The van der Waals surface area contributed by atoms with Crippen LogP contribution in [0.1, 0.15) is 0 Å². The van der Waals surface area contributed by atoms with Gasteiger partial charge in [0.25, 0.3) is 0 Å². The van der Waals surface area contributed by atoms with Gasteiger partial charge in [-0.1, -0.05) is 152 Å². The number of hydrogen-bond donors (Lipinski definition) is 0. The second-order valence-corrected chi connectivity index (χ2v) is 17.0. The highest BCUT2D eigenvalue weighted by molar-refractivity contribution is 7.26. The molecule has 0 amide bonds. The molecule has 6 heteroatoms. The van der Waals surface area contributed by atoms with E-state index in [0.717, 1.165) is 55.3 Å². The summed E-state index contributed by atoms with van der Waals surface area (Å²) in [6.45, 7) is 0. The molecule has 0 atom stereocenters. The van der Waals surface area contributed by atoms with Gasteiger partial charge in [0, 0.05) is 58.4 Å². The highest BCUT2D eigenvalue weighted by Crippen LogP contribution is 2.46. The van der Waals surface area contributed by atoms with E-state index < -0.39 is 0 Å². The first kappa shape index (κ1) is 35.6. The van der Waals surface area contributed by atoms with Crippen LogP contribution in [0.5, 0.6) is 0 Å². The molecule has 0 aliphatic rings. The van der Waals surface area contributed by atoms with Gasteiger partial charge in [0.2, 0.25) is 0 Å². The van der Waals surface area contributed by atoms with E-state index in [4.69, 9.17) is 19.4 Å². The average molecular weight is 823 g/mol. The second kappa shape index (κ2) is 14.2. The first-order valence-corrected chi connectivity index (χ1v) is 21.9. The Bertz CT molecular complexity index is 3870. The van der Waals surface area contributed by atoms with Crippen LogP contribution in [0, 0.1) is 0 Å². The molecule has 4 aromatic heterocycles. The molecule has 0 bridgehead atoms.